The second kappa shape index (κ2) is 28.5. The van der Waals surface area contributed by atoms with Crippen LogP contribution in [0.2, 0.25) is 0 Å². The third kappa shape index (κ3) is 18.4. The number of rotatable bonds is 31. The quantitative estimate of drug-likeness (QED) is 0.0270. The molecule has 0 unspecified atom stereocenters. The lowest BCUT2D eigenvalue weighted by Gasteiger charge is -2.26. The fraction of sp³-hybridized carbons (Fsp3) is 0.468. The summed E-state index contributed by atoms with van der Waals surface area (Å²) in [4.78, 5) is 80.5. The molecule has 0 radical (unpaired) electrons. The maximum Gasteiger partial charge on any atom is 0.407 e. The SMILES string of the molecule is CC(C)C[C@H](NC(=O)OCC1c2ccccc2-c2ccccc21)C(=O)N[C@@H](CCC(=O)C=[N+]=[N-])C(=O)N[C@@H](Cc1ccccc1)C(=O)NCCOCCOCCOCCOCCC(=O)O. The van der Waals surface area contributed by atoms with E-state index in [1.54, 1.807) is 24.3 Å². The fourth-order valence-electron chi connectivity index (χ4n) is 7.06. The topological polar surface area (TPSA) is 253 Å². The van der Waals surface area contributed by atoms with Crippen molar-refractivity contribution in [3.8, 4) is 11.1 Å². The van der Waals surface area contributed by atoms with Gasteiger partial charge in [0.15, 0.2) is 0 Å². The van der Waals surface area contributed by atoms with Gasteiger partial charge >= 0.3 is 18.3 Å². The van der Waals surface area contributed by atoms with E-state index in [1.165, 1.54) is 0 Å². The van der Waals surface area contributed by atoms with E-state index in [-0.39, 0.29) is 90.1 Å². The number of nitrogens with one attached hydrogen (secondary N) is 4. The Balaban J connectivity index is 1.32. The number of nitrogens with zero attached hydrogens (tertiary/aromatic N) is 2. The number of ether oxygens (including phenoxy) is 5. The van der Waals surface area contributed by atoms with Crippen LogP contribution in [0, 0.1) is 5.92 Å². The minimum atomic E-state index is -1.34. The Morgan fingerprint density at radius 2 is 1.20 bits per heavy atom. The number of ketones is 1. The van der Waals surface area contributed by atoms with Crippen LogP contribution in [0.3, 0.4) is 0 Å². The molecule has 1 aliphatic carbocycles. The number of carboxylic acid groups (broad SMARTS) is 1. The molecule has 350 valence electrons. The highest BCUT2D eigenvalue weighted by atomic mass is 16.6. The van der Waals surface area contributed by atoms with E-state index in [9.17, 15) is 28.8 Å². The number of alkyl carbamates (subject to hydrolysis) is 1. The van der Waals surface area contributed by atoms with Gasteiger partial charge in [-0.05, 0) is 46.6 Å². The van der Waals surface area contributed by atoms with Gasteiger partial charge in [0, 0.05) is 25.3 Å². The van der Waals surface area contributed by atoms with Gasteiger partial charge in [-0.1, -0.05) is 92.7 Å². The van der Waals surface area contributed by atoms with Crippen molar-refractivity contribution in [2.24, 2.45) is 5.92 Å². The van der Waals surface area contributed by atoms with Crippen LogP contribution in [0.25, 0.3) is 16.7 Å². The summed E-state index contributed by atoms with van der Waals surface area (Å²) < 4.78 is 27.3. The van der Waals surface area contributed by atoms with Crippen molar-refractivity contribution in [3.63, 3.8) is 0 Å². The molecular formula is C47H60N6O12. The van der Waals surface area contributed by atoms with Crippen molar-refractivity contribution >= 4 is 41.8 Å². The molecule has 18 nitrogen and oxygen atoms in total. The van der Waals surface area contributed by atoms with Gasteiger partial charge in [0.1, 0.15) is 24.7 Å². The summed E-state index contributed by atoms with van der Waals surface area (Å²) in [5.41, 5.74) is 13.8. The van der Waals surface area contributed by atoms with E-state index in [0.717, 1.165) is 27.8 Å². The summed E-state index contributed by atoms with van der Waals surface area (Å²) in [6.45, 7) is 5.88. The van der Waals surface area contributed by atoms with Crippen molar-refractivity contribution in [3.05, 3.63) is 101 Å². The highest BCUT2D eigenvalue weighted by Crippen LogP contribution is 2.44. The predicted molar refractivity (Wildman–Crippen MR) is 238 cm³/mol. The monoisotopic (exact) mass is 900 g/mol. The normalized spacial score (nSPS) is 13.0. The Morgan fingerprint density at radius 1 is 0.662 bits per heavy atom. The second-order valence-electron chi connectivity index (χ2n) is 15.6. The molecule has 0 aromatic heterocycles. The van der Waals surface area contributed by atoms with Crippen LogP contribution in [0.5, 0.6) is 0 Å². The first kappa shape index (κ1) is 51.3. The number of hydrogen-bond acceptors (Lipinski definition) is 11. The minimum Gasteiger partial charge on any atom is -0.481 e. The molecule has 0 bridgehead atoms. The summed E-state index contributed by atoms with van der Waals surface area (Å²) in [5.74, 6) is -3.78. The lowest BCUT2D eigenvalue weighted by molar-refractivity contribution is -0.138. The first-order valence-corrected chi connectivity index (χ1v) is 21.7. The number of carbonyl (C=O) groups excluding carboxylic acids is 5. The molecular weight excluding hydrogens is 841 g/mol. The highest BCUT2D eigenvalue weighted by Gasteiger charge is 2.33. The summed E-state index contributed by atoms with van der Waals surface area (Å²) in [5, 5.41) is 19.5. The van der Waals surface area contributed by atoms with Gasteiger partial charge in [-0.25, -0.2) is 4.79 Å². The zero-order chi connectivity index (χ0) is 46.8. The van der Waals surface area contributed by atoms with Crippen LogP contribution in [0.15, 0.2) is 78.9 Å². The van der Waals surface area contributed by atoms with Crippen LogP contribution in [0.1, 0.15) is 62.1 Å². The van der Waals surface area contributed by atoms with E-state index < -0.39 is 53.7 Å². The van der Waals surface area contributed by atoms with Crippen molar-refractivity contribution in [2.45, 2.75) is 70.0 Å². The smallest absolute Gasteiger partial charge is 0.407 e. The van der Waals surface area contributed by atoms with Gasteiger partial charge in [0.05, 0.1) is 59.3 Å². The maximum atomic E-state index is 14.0. The van der Waals surface area contributed by atoms with E-state index in [0.29, 0.717) is 26.0 Å². The molecule has 0 heterocycles. The maximum absolute atomic E-state index is 14.0. The van der Waals surface area contributed by atoms with Crippen molar-refractivity contribution in [2.75, 3.05) is 66.0 Å². The molecule has 65 heavy (non-hydrogen) atoms. The molecule has 3 aromatic carbocycles. The number of fused-ring (bicyclic) bond motifs is 3. The zero-order valence-corrected chi connectivity index (χ0v) is 36.9. The van der Waals surface area contributed by atoms with Gasteiger partial charge in [-0.2, -0.15) is 4.79 Å². The molecule has 4 amide bonds. The fourth-order valence-corrected chi connectivity index (χ4v) is 7.06. The number of Topliss-reactive ketones (excluding diaryl/α,β-unsaturated/α-hetero) is 1. The summed E-state index contributed by atoms with van der Waals surface area (Å²) in [7, 11) is 0. The van der Waals surface area contributed by atoms with Crippen molar-refractivity contribution in [1.29, 1.82) is 0 Å². The number of carbonyl (C=O) groups is 6. The Labute approximate surface area is 378 Å². The van der Waals surface area contributed by atoms with E-state index >= 15 is 0 Å². The summed E-state index contributed by atoms with van der Waals surface area (Å²) in [6.07, 6.45) is -0.408. The van der Waals surface area contributed by atoms with Gasteiger partial charge in [-0.3, -0.25) is 24.0 Å². The lowest BCUT2D eigenvalue weighted by Crippen LogP contribution is -2.57. The average molecular weight is 901 g/mol. The van der Waals surface area contributed by atoms with Gasteiger partial charge < -0.3 is 55.6 Å². The first-order valence-electron chi connectivity index (χ1n) is 21.7. The van der Waals surface area contributed by atoms with E-state index in [2.05, 4.69) is 26.1 Å². The number of aliphatic carboxylic acids is 1. The number of hydrogen-bond donors (Lipinski definition) is 5. The average Bonchev–Trinajstić information content (AvgIpc) is 3.61. The zero-order valence-electron chi connectivity index (χ0n) is 36.9. The molecule has 4 rings (SSSR count). The number of carboxylic acids is 1. The molecule has 1 aliphatic rings. The Kier molecular flexibility index (Phi) is 22.5. The van der Waals surface area contributed by atoms with Crippen LogP contribution >= 0.6 is 0 Å². The molecule has 0 aliphatic heterocycles. The largest absolute Gasteiger partial charge is 0.481 e. The Bertz CT molecular complexity index is 2020. The van der Waals surface area contributed by atoms with Gasteiger partial charge in [0.25, 0.3) is 0 Å². The Morgan fingerprint density at radius 3 is 1.78 bits per heavy atom. The molecule has 3 aromatic rings. The standard InChI is InChI=1S/C47H60N6O12/c1-32(2)28-41(53-47(60)65-31-39-37-14-8-6-12-35(37)36-13-7-9-15-38(36)39)46(59)51-40(17-16-34(54)30-50-48)45(58)52-42(29-33-10-4-3-5-11-33)44(57)49-19-21-62-23-25-64-27-26-63-24-22-61-20-18-43(55)56/h3-15,30,32,39-42H,16-29,31H2,1-2H3,(H,49,57)(H,51,59)(H,52,58)(H,53,60)(H,55,56)/t40-,41-,42-/m0/s1. The van der Waals surface area contributed by atoms with Gasteiger partial charge in [-0.15, -0.1) is 0 Å². The van der Waals surface area contributed by atoms with Crippen LogP contribution in [0.4, 0.5) is 4.79 Å². The molecule has 0 saturated carbocycles. The molecule has 0 spiro atoms. The van der Waals surface area contributed by atoms with Crippen molar-refractivity contribution < 1.29 is 62.3 Å². The predicted octanol–water partition coefficient (Wildman–Crippen LogP) is 3.46. The lowest BCUT2D eigenvalue weighted by atomic mass is 9.98. The van der Waals surface area contributed by atoms with Crippen LogP contribution in [-0.2, 0) is 54.1 Å². The Hall–Kier alpha value is -6.30. The van der Waals surface area contributed by atoms with E-state index in [1.807, 2.05) is 68.4 Å². The third-order valence-corrected chi connectivity index (χ3v) is 10.2. The minimum absolute atomic E-state index is 0.0231. The summed E-state index contributed by atoms with van der Waals surface area (Å²) in [6, 6.07) is 21.3. The number of benzene rings is 3. The van der Waals surface area contributed by atoms with Crippen LogP contribution < -0.4 is 21.3 Å². The second-order valence-corrected chi connectivity index (χ2v) is 15.6. The third-order valence-electron chi connectivity index (χ3n) is 10.2. The van der Waals surface area contributed by atoms with Gasteiger partial charge in [0.2, 0.25) is 23.5 Å². The molecule has 18 heteroatoms. The highest BCUT2D eigenvalue weighted by molar-refractivity contribution is 6.25. The van der Waals surface area contributed by atoms with Crippen molar-refractivity contribution in [1.82, 2.24) is 21.3 Å². The first-order chi connectivity index (χ1) is 31.5. The number of amides is 4. The summed E-state index contributed by atoms with van der Waals surface area (Å²) >= 11 is 0. The molecule has 0 fully saturated rings. The molecule has 3 atom stereocenters. The molecule has 0 saturated heterocycles. The van der Waals surface area contributed by atoms with Crippen LogP contribution in [-0.4, -0.2) is 136 Å². The molecule has 5 N–H and O–H groups in total. The van der Waals surface area contributed by atoms with E-state index in [4.69, 9.17) is 34.3 Å².